The minimum atomic E-state index is 0.189. The molecule has 108 valence electrons. The highest BCUT2D eigenvalue weighted by Crippen LogP contribution is 2.38. The van der Waals surface area contributed by atoms with Crippen molar-refractivity contribution >= 4 is 22.9 Å². The van der Waals surface area contributed by atoms with E-state index >= 15 is 0 Å². The van der Waals surface area contributed by atoms with Gasteiger partial charge < -0.3 is 5.73 Å². The Labute approximate surface area is 125 Å². The summed E-state index contributed by atoms with van der Waals surface area (Å²) in [6.45, 7) is 7.97. The van der Waals surface area contributed by atoms with Crippen LogP contribution in [0.1, 0.15) is 51.0 Å². The zero-order valence-corrected chi connectivity index (χ0v) is 13.7. The molecule has 1 aliphatic heterocycles. The molecule has 1 fully saturated rings. The van der Waals surface area contributed by atoms with Gasteiger partial charge in [0.05, 0.1) is 10.4 Å². The summed E-state index contributed by atoms with van der Waals surface area (Å²) >= 11 is 7.80. The van der Waals surface area contributed by atoms with E-state index in [0.29, 0.717) is 18.0 Å². The first kappa shape index (κ1) is 15.3. The van der Waals surface area contributed by atoms with Gasteiger partial charge in [-0.15, -0.1) is 11.3 Å². The van der Waals surface area contributed by atoms with Gasteiger partial charge in [0.1, 0.15) is 0 Å². The topological polar surface area (TPSA) is 29.3 Å². The highest BCUT2D eigenvalue weighted by Gasteiger charge is 2.36. The summed E-state index contributed by atoms with van der Waals surface area (Å²) in [5.41, 5.74) is 6.42. The number of hydrogen-bond donors (Lipinski definition) is 1. The van der Waals surface area contributed by atoms with Crippen LogP contribution in [-0.2, 0) is 0 Å². The monoisotopic (exact) mass is 300 g/mol. The average molecular weight is 301 g/mol. The molecule has 0 spiro atoms. The van der Waals surface area contributed by atoms with Crippen molar-refractivity contribution in [2.45, 2.75) is 58.2 Å². The fourth-order valence-corrected chi connectivity index (χ4v) is 4.47. The number of halogens is 1. The van der Waals surface area contributed by atoms with E-state index in [2.05, 4.69) is 31.7 Å². The quantitative estimate of drug-likeness (QED) is 0.878. The third-order valence-corrected chi connectivity index (χ3v) is 5.53. The molecule has 1 aliphatic rings. The van der Waals surface area contributed by atoms with Gasteiger partial charge >= 0.3 is 0 Å². The number of thiophene rings is 1. The zero-order valence-electron chi connectivity index (χ0n) is 12.1. The summed E-state index contributed by atoms with van der Waals surface area (Å²) in [5, 5.41) is 0. The van der Waals surface area contributed by atoms with Crippen LogP contribution in [0, 0.1) is 5.92 Å². The first-order valence-electron chi connectivity index (χ1n) is 7.31. The van der Waals surface area contributed by atoms with Crippen LogP contribution in [0.2, 0.25) is 4.34 Å². The van der Waals surface area contributed by atoms with Crippen molar-refractivity contribution in [1.82, 2.24) is 4.90 Å². The van der Waals surface area contributed by atoms with Gasteiger partial charge in [-0.05, 0) is 43.9 Å². The SMILES string of the molecule is CCC(N)C(c1ccc(Cl)s1)N1CCCC1C(C)C. The molecule has 0 radical (unpaired) electrons. The average Bonchev–Trinajstić information content (AvgIpc) is 2.99. The van der Waals surface area contributed by atoms with Gasteiger partial charge in [-0.1, -0.05) is 32.4 Å². The molecular formula is C15H25ClN2S. The number of hydrogen-bond acceptors (Lipinski definition) is 3. The maximum Gasteiger partial charge on any atom is 0.0931 e. The van der Waals surface area contributed by atoms with Gasteiger partial charge in [-0.3, -0.25) is 4.90 Å². The van der Waals surface area contributed by atoms with Crippen molar-refractivity contribution in [3.05, 3.63) is 21.3 Å². The Bertz CT molecular complexity index is 405. The van der Waals surface area contributed by atoms with Gasteiger partial charge in [0, 0.05) is 17.0 Å². The molecule has 0 aromatic carbocycles. The van der Waals surface area contributed by atoms with E-state index in [9.17, 15) is 0 Å². The molecule has 2 heterocycles. The number of rotatable bonds is 5. The smallest absolute Gasteiger partial charge is 0.0931 e. The van der Waals surface area contributed by atoms with Crippen molar-refractivity contribution in [2.75, 3.05) is 6.54 Å². The molecule has 3 unspecified atom stereocenters. The van der Waals surface area contributed by atoms with E-state index in [4.69, 9.17) is 17.3 Å². The van der Waals surface area contributed by atoms with Crippen molar-refractivity contribution in [1.29, 1.82) is 0 Å². The van der Waals surface area contributed by atoms with Crippen molar-refractivity contribution in [3.8, 4) is 0 Å². The Kier molecular flexibility index (Phi) is 5.29. The third-order valence-electron chi connectivity index (χ3n) is 4.23. The molecule has 0 aliphatic carbocycles. The molecule has 3 atom stereocenters. The molecule has 2 N–H and O–H groups in total. The molecule has 4 heteroatoms. The van der Waals surface area contributed by atoms with Crippen molar-refractivity contribution in [3.63, 3.8) is 0 Å². The highest BCUT2D eigenvalue weighted by atomic mass is 35.5. The first-order chi connectivity index (χ1) is 9.04. The predicted molar refractivity (Wildman–Crippen MR) is 84.9 cm³/mol. The number of likely N-dealkylation sites (tertiary alicyclic amines) is 1. The number of nitrogens with zero attached hydrogens (tertiary/aromatic N) is 1. The molecule has 0 saturated carbocycles. The molecule has 1 aromatic rings. The van der Waals surface area contributed by atoms with Gasteiger partial charge in [0.2, 0.25) is 0 Å². The Morgan fingerprint density at radius 1 is 1.47 bits per heavy atom. The van der Waals surface area contributed by atoms with Crippen LogP contribution >= 0.6 is 22.9 Å². The van der Waals surface area contributed by atoms with E-state index in [0.717, 1.165) is 17.3 Å². The second-order valence-corrected chi connectivity index (χ2v) is 7.60. The minimum Gasteiger partial charge on any atom is -0.326 e. The standard InChI is InChI=1S/C15H25ClN2S/c1-4-11(17)15(13-7-8-14(16)19-13)18-9-5-6-12(18)10(2)3/h7-8,10-12,15H,4-6,9,17H2,1-3H3. The van der Waals surface area contributed by atoms with E-state index < -0.39 is 0 Å². The molecule has 19 heavy (non-hydrogen) atoms. The van der Waals surface area contributed by atoms with E-state index in [1.807, 2.05) is 6.07 Å². The highest BCUT2D eigenvalue weighted by molar-refractivity contribution is 7.16. The van der Waals surface area contributed by atoms with Crippen LogP contribution < -0.4 is 5.73 Å². The normalized spacial score (nSPS) is 24.0. The predicted octanol–water partition coefficient (Wildman–Crippen LogP) is 4.30. The summed E-state index contributed by atoms with van der Waals surface area (Å²) in [6, 6.07) is 5.33. The van der Waals surface area contributed by atoms with E-state index in [1.165, 1.54) is 17.7 Å². The second-order valence-electron chi connectivity index (χ2n) is 5.85. The Balaban J connectivity index is 2.27. The van der Waals surface area contributed by atoms with E-state index in [-0.39, 0.29) is 6.04 Å². The molecular weight excluding hydrogens is 276 g/mol. The molecule has 1 saturated heterocycles. The van der Waals surface area contributed by atoms with Gasteiger partial charge in [0.15, 0.2) is 0 Å². The van der Waals surface area contributed by atoms with Crippen molar-refractivity contribution in [2.24, 2.45) is 11.7 Å². The largest absolute Gasteiger partial charge is 0.326 e. The lowest BCUT2D eigenvalue weighted by molar-refractivity contribution is 0.127. The van der Waals surface area contributed by atoms with Crippen LogP contribution in [0.25, 0.3) is 0 Å². The van der Waals surface area contributed by atoms with Gasteiger partial charge in [-0.2, -0.15) is 0 Å². The lowest BCUT2D eigenvalue weighted by Gasteiger charge is -2.37. The number of nitrogens with two attached hydrogens (primary N) is 1. The maximum atomic E-state index is 6.42. The third kappa shape index (κ3) is 3.33. The first-order valence-corrected chi connectivity index (χ1v) is 8.50. The molecule has 2 rings (SSSR count). The van der Waals surface area contributed by atoms with Gasteiger partial charge in [-0.25, -0.2) is 0 Å². The minimum absolute atomic E-state index is 0.189. The van der Waals surface area contributed by atoms with Crippen LogP contribution in [-0.4, -0.2) is 23.5 Å². The van der Waals surface area contributed by atoms with Crippen LogP contribution in [0.15, 0.2) is 12.1 Å². The molecule has 1 aromatic heterocycles. The van der Waals surface area contributed by atoms with E-state index in [1.54, 1.807) is 11.3 Å². The van der Waals surface area contributed by atoms with Crippen LogP contribution in [0.3, 0.4) is 0 Å². The molecule has 2 nitrogen and oxygen atoms in total. The molecule has 0 bridgehead atoms. The lowest BCUT2D eigenvalue weighted by atomic mass is 9.97. The fraction of sp³-hybridized carbons (Fsp3) is 0.733. The van der Waals surface area contributed by atoms with Crippen LogP contribution in [0.5, 0.6) is 0 Å². The zero-order chi connectivity index (χ0) is 14.0. The lowest BCUT2D eigenvalue weighted by Crippen LogP contribution is -2.44. The summed E-state index contributed by atoms with van der Waals surface area (Å²) in [5.74, 6) is 0.685. The fourth-order valence-electron chi connectivity index (χ4n) is 3.21. The summed E-state index contributed by atoms with van der Waals surface area (Å²) < 4.78 is 0.864. The summed E-state index contributed by atoms with van der Waals surface area (Å²) in [7, 11) is 0. The second kappa shape index (κ2) is 6.57. The molecule has 0 amide bonds. The summed E-state index contributed by atoms with van der Waals surface area (Å²) in [6.07, 6.45) is 3.58. The van der Waals surface area contributed by atoms with Crippen LogP contribution in [0.4, 0.5) is 0 Å². The summed E-state index contributed by atoms with van der Waals surface area (Å²) in [4.78, 5) is 3.95. The van der Waals surface area contributed by atoms with Gasteiger partial charge in [0.25, 0.3) is 0 Å². The maximum absolute atomic E-state index is 6.42. The Morgan fingerprint density at radius 2 is 2.21 bits per heavy atom. The Hall–Kier alpha value is -0.0900. The Morgan fingerprint density at radius 3 is 2.74 bits per heavy atom. The van der Waals surface area contributed by atoms with Crippen molar-refractivity contribution < 1.29 is 0 Å².